The maximum atomic E-state index is 9.41. The molecule has 0 aliphatic carbocycles. The Labute approximate surface area is 197 Å². The average Bonchev–Trinajstić information content (AvgIpc) is 2.74. The normalized spacial score (nSPS) is 10.9. The summed E-state index contributed by atoms with van der Waals surface area (Å²) in [4.78, 5) is 17.0. The zero-order valence-corrected chi connectivity index (χ0v) is 19.7. The standard InChI is InChI=1S/C22H24Cl3N5O/c1-29(12-3-4-16-7-8-17(23)14-19(16)24)21-26-20(25)27-22(28-21)30(2)13-11-15-5-9-18(31)10-6-15/h5-10,14,31H,3-4,11-13H2,1-2H3. The van der Waals surface area contributed by atoms with Gasteiger partial charge < -0.3 is 14.9 Å². The van der Waals surface area contributed by atoms with Crippen molar-refractivity contribution in [2.45, 2.75) is 19.3 Å². The molecule has 164 valence electrons. The fourth-order valence-corrected chi connectivity index (χ4v) is 3.72. The molecule has 1 N–H and O–H groups in total. The summed E-state index contributed by atoms with van der Waals surface area (Å²) in [5.41, 5.74) is 2.17. The van der Waals surface area contributed by atoms with Crippen molar-refractivity contribution in [3.8, 4) is 5.75 Å². The van der Waals surface area contributed by atoms with Crippen molar-refractivity contribution in [1.82, 2.24) is 15.0 Å². The van der Waals surface area contributed by atoms with Crippen LogP contribution >= 0.6 is 34.8 Å². The molecule has 1 aromatic heterocycles. The molecule has 1 heterocycles. The first kappa shape index (κ1) is 23.4. The maximum absolute atomic E-state index is 9.41. The number of nitrogens with zero attached hydrogens (tertiary/aromatic N) is 5. The molecule has 0 spiro atoms. The molecular formula is C22H24Cl3N5O. The predicted molar refractivity (Wildman–Crippen MR) is 128 cm³/mol. The number of rotatable bonds is 9. The summed E-state index contributed by atoms with van der Waals surface area (Å²) in [7, 11) is 3.84. The van der Waals surface area contributed by atoms with Crippen LogP contribution in [0.5, 0.6) is 5.75 Å². The zero-order valence-electron chi connectivity index (χ0n) is 17.4. The van der Waals surface area contributed by atoms with Crippen molar-refractivity contribution < 1.29 is 5.11 Å². The van der Waals surface area contributed by atoms with Gasteiger partial charge >= 0.3 is 0 Å². The lowest BCUT2D eigenvalue weighted by Crippen LogP contribution is -2.26. The Kier molecular flexibility index (Phi) is 8.18. The van der Waals surface area contributed by atoms with Crippen molar-refractivity contribution in [2.24, 2.45) is 0 Å². The van der Waals surface area contributed by atoms with E-state index in [1.807, 2.05) is 48.2 Å². The first-order valence-electron chi connectivity index (χ1n) is 9.87. The van der Waals surface area contributed by atoms with E-state index in [9.17, 15) is 5.11 Å². The fourth-order valence-electron chi connectivity index (χ4n) is 3.06. The monoisotopic (exact) mass is 479 g/mol. The molecule has 2 aromatic carbocycles. The van der Waals surface area contributed by atoms with Gasteiger partial charge in [-0.15, -0.1) is 0 Å². The van der Waals surface area contributed by atoms with Crippen LogP contribution in [-0.4, -0.2) is 47.2 Å². The summed E-state index contributed by atoms with van der Waals surface area (Å²) in [6.07, 6.45) is 2.47. The van der Waals surface area contributed by atoms with Crippen LogP contribution in [0.3, 0.4) is 0 Å². The molecule has 0 atom stereocenters. The Hall–Kier alpha value is -2.28. The van der Waals surface area contributed by atoms with Crippen LogP contribution in [0.25, 0.3) is 0 Å². The van der Waals surface area contributed by atoms with Gasteiger partial charge in [-0.3, -0.25) is 0 Å². The zero-order chi connectivity index (χ0) is 22.4. The van der Waals surface area contributed by atoms with Crippen LogP contribution < -0.4 is 9.80 Å². The summed E-state index contributed by atoms with van der Waals surface area (Å²) in [5, 5.41) is 10.9. The number of phenols is 1. The van der Waals surface area contributed by atoms with Gasteiger partial charge in [0.15, 0.2) is 0 Å². The second-order valence-corrected chi connectivity index (χ2v) is 8.48. The number of likely N-dealkylation sites (N-methyl/N-ethyl adjacent to an activating group) is 1. The van der Waals surface area contributed by atoms with Crippen molar-refractivity contribution in [2.75, 3.05) is 37.0 Å². The van der Waals surface area contributed by atoms with E-state index in [1.54, 1.807) is 18.2 Å². The Bertz CT molecular complexity index is 1020. The van der Waals surface area contributed by atoms with Gasteiger partial charge in [0.05, 0.1) is 0 Å². The first-order valence-corrected chi connectivity index (χ1v) is 11.0. The number of anilines is 2. The molecule has 3 rings (SSSR count). The number of aromatic nitrogens is 3. The highest BCUT2D eigenvalue weighted by Crippen LogP contribution is 2.22. The Morgan fingerprint density at radius 1 is 0.806 bits per heavy atom. The van der Waals surface area contributed by atoms with Gasteiger partial charge in [-0.25, -0.2) is 0 Å². The van der Waals surface area contributed by atoms with E-state index in [-0.39, 0.29) is 11.0 Å². The molecule has 0 bridgehead atoms. The number of benzene rings is 2. The topological polar surface area (TPSA) is 65.4 Å². The second kappa shape index (κ2) is 10.8. The summed E-state index contributed by atoms with van der Waals surface area (Å²) in [6.45, 7) is 1.43. The second-order valence-electron chi connectivity index (χ2n) is 7.30. The molecule has 0 unspecified atom stereocenters. The number of aryl methyl sites for hydroxylation is 1. The molecule has 9 heteroatoms. The van der Waals surface area contributed by atoms with Crippen LogP contribution in [-0.2, 0) is 12.8 Å². The van der Waals surface area contributed by atoms with E-state index in [4.69, 9.17) is 34.8 Å². The smallest absolute Gasteiger partial charge is 0.231 e. The molecule has 6 nitrogen and oxygen atoms in total. The lowest BCUT2D eigenvalue weighted by Gasteiger charge is -2.21. The summed E-state index contributed by atoms with van der Waals surface area (Å²) < 4.78 is 0. The highest BCUT2D eigenvalue weighted by molar-refractivity contribution is 6.35. The third kappa shape index (κ3) is 6.86. The van der Waals surface area contributed by atoms with Crippen molar-refractivity contribution in [3.63, 3.8) is 0 Å². The highest BCUT2D eigenvalue weighted by atomic mass is 35.5. The van der Waals surface area contributed by atoms with Gasteiger partial charge in [-0.05, 0) is 66.3 Å². The van der Waals surface area contributed by atoms with Gasteiger partial charge in [0.2, 0.25) is 17.2 Å². The van der Waals surface area contributed by atoms with E-state index < -0.39 is 0 Å². The number of halogens is 3. The molecule has 0 radical (unpaired) electrons. The van der Waals surface area contributed by atoms with E-state index in [1.165, 1.54) is 0 Å². The number of hydrogen-bond acceptors (Lipinski definition) is 6. The van der Waals surface area contributed by atoms with Gasteiger partial charge in [-0.2, -0.15) is 15.0 Å². The minimum Gasteiger partial charge on any atom is -0.508 e. The van der Waals surface area contributed by atoms with E-state index in [0.29, 0.717) is 28.5 Å². The summed E-state index contributed by atoms with van der Waals surface area (Å²) >= 11 is 18.4. The maximum Gasteiger partial charge on any atom is 0.231 e. The third-order valence-electron chi connectivity index (χ3n) is 4.89. The first-order chi connectivity index (χ1) is 14.8. The molecule has 0 saturated heterocycles. The third-order valence-corrected chi connectivity index (χ3v) is 5.65. The van der Waals surface area contributed by atoms with E-state index in [2.05, 4.69) is 15.0 Å². The SMILES string of the molecule is CN(CCCc1ccc(Cl)cc1Cl)c1nc(Cl)nc(N(C)CCc2ccc(O)cc2)n1. The minimum absolute atomic E-state index is 0.157. The Morgan fingerprint density at radius 3 is 2.10 bits per heavy atom. The molecule has 3 aromatic rings. The number of phenolic OH excluding ortho intramolecular Hbond substituents is 1. The van der Waals surface area contributed by atoms with Crippen LogP contribution in [0.15, 0.2) is 42.5 Å². The average molecular weight is 481 g/mol. The predicted octanol–water partition coefficient (Wildman–Crippen LogP) is 5.29. The molecule has 0 aliphatic heterocycles. The fraction of sp³-hybridized carbons (Fsp3) is 0.318. The van der Waals surface area contributed by atoms with Gasteiger partial charge in [-0.1, -0.05) is 41.4 Å². The van der Waals surface area contributed by atoms with E-state index in [0.717, 1.165) is 36.9 Å². The van der Waals surface area contributed by atoms with Crippen LogP contribution in [0.2, 0.25) is 15.3 Å². The molecule has 0 saturated carbocycles. The van der Waals surface area contributed by atoms with Crippen LogP contribution in [0.4, 0.5) is 11.9 Å². The molecule has 0 fully saturated rings. The Morgan fingerprint density at radius 2 is 1.45 bits per heavy atom. The molecule has 0 aliphatic rings. The van der Waals surface area contributed by atoms with Gasteiger partial charge in [0, 0.05) is 37.2 Å². The number of aromatic hydroxyl groups is 1. The van der Waals surface area contributed by atoms with Crippen LogP contribution in [0, 0.1) is 0 Å². The lowest BCUT2D eigenvalue weighted by molar-refractivity contribution is 0.475. The van der Waals surface area contributed by atoms with Crippen molar-refractivity contribution in [1.29, 1.82) is 0 Å². The molecule has 31 heavy (non-hydrogen) atoms. The Balaban J connectivity index is 1.58. The highest BCUT2D eigenvalue weighted by Gasteiger charge is 2.13. The van der Waals surface area contributed by atoms with E-state index >= 15 is 0 Å². The number of hydrogen-bond donors (Lipinski definition) is 1. The van der Waals surface area contributed by atoms with Crippen molar-refractivity contribution in [3.05, 3.63) is 68.9 Å². The van der Waals surface area contributed by atoms with Gasteiger partial charge in [0.1, 0.15) is 5.75 Å². The quantitative estimate of drug-likeness (QED) is 0.449. The van der Waals surface area contributed by atoms with Crippen molar-refractivity contribution >= 4 is 46.7 Å². The lowest BCUT2D eigenvalue weighted by atomic mass is 10.1. The minimum atomic E-state index is 0.157. The molecular weight excluding hydrogens is 457 g/mol. The van der Waals surface area contributed by atoms with Crippen LogP contribution in [0.1, 0.15) is 17.5 Å². The van der Waals surface area contributed by atoms with Gasteiger partial charge in [0.25, 0.3) is 0 Å². The largest absolute Gasteiger partial charge is 0.508 e. The summed E-state index contributed by atoms with van der Waals surface area (Å²) in [6, 6.07) is 12.7. The molecule has 0 amide bonds. The summed E-state index contributed by atoms with van der Waals surface area (Å²) in [5.74, 6) is 1.29.